The molecule has 0 aromatic heterocycles. The third kappa shape index (κ3) is 830. The molecule has 71 valence electrons. The van der Waals surface area contributed by atoms with E-state index in [1.807, 2.05) is 0 Å². The summed E-state index contributed by atoms with van der Waals surface area (Å²) >= 11 is 0. The van der Waals surface area contributed by atoms with Gasteiger partial charge in [0, 0.05) is 20.8 Å². The number of hydrogen-bond donors (Lipinski definition) is 0. The van der Waals surface area contributed by atoms with Crippen molar-refractivity contribution in [3.63, 3.8) is 0 Å². The second-order valence-electron chi connectivity index (χ2n) is 0.816. The van der Waals surface area contributed by atoms with Crippen molar-refractivity contribution < 1.29 is 52.1 Å². The normalized spacial score (nSPS) is 9.67. The van der Waals surface area contributed by atoms with Gasteiger partial charge in [-0.1, -0.05) is 0 Å². The van der Waals surface area contributed by atoms with Crippen molar-refractivity contribution in [2.75, 3.05) is 0 Å². The van der Waals surface area contributed by atoms with Gasteiger partial charge in [-0.05, 0) is 0 Å². The fourth-order valence-corrected chi connectivity index (χ4v) is 0. The van der Waals surface area contributed by atoms with Gasteiger partial charge in [-0.15, -0.1) is 0 Å². The van der Waals surface area contributed by atoms with Crippen molar-refractivity contribution in [3.8, 4) is 0 Å². The minimum Gasteiger partial charge on any atom is -0.759 e. The summed E-state index contributed by atoms with van der Waals surface area (Å²) in [5.74, 6) is 0. The van der Waals surface area contributed by atoms with E-state index in [1.165, 1.54) is 0 Å². The van der Waals surface area contributed by atoms with E-state index in [0.717, 1.165) is 0 Å². The standard InChI is InChI=1S/Fe.2H2O4S.Tl/c;2*1-5(2,3)4;/h;2*(H2,1,2,3,4);/q+3;;;+1/p-4. The minimum absolute atomic E-state index is 0. The van der Waals surface area contributed by atoms with Crippen LogP contribution in [0.4, 0.5) is 0 Å². The summed E-state index contributed by atoms with van der Waals surface area (Å²) in [5, 5.41) is 0. The molecule has 12 heteroatoms. The SMILES string of the molecule is O=S(=O)([O-])[O-].O=S(=O)([O-])[O-].[Fe+3].[Tl+]. The van der Waals surface area contributed by atoms with E-state index >= 15 is 0 Å². The number of rotatable bonds is 0. The Balaban J connectivity index is -0.0000000457. The first-order valence-electron chi connectivity index (χ1n) is 1.33. The van der Waals surface area contributed by atoms with Gasteiger partial charge in [-0.3, -0.25) is 16.8 Å². The summed E-state index contributed by atoms with van der Waals surface area (Å²) < 4.78 is 68.2. The maximum Gasteiger partial charge on any atom is 3.00 e. The van der Waals surface area contributed by atoms with Crippen molar-refractivity contribution in [2.45, 2.75) is 0 Å². The molecular formula is FeO8S2Tl. The second kappa shape index (κ2) is 8.77. The molecule has 0 aliphatic rings. The monoisotopic (exact) mass is 453 g/mol. The third-order valence-electron chi connectivity index (χ3n) is 0. The largest absolute Gasteiger partial charge is 3.00 e. The topological polar surface area (TPSA) is 161 Å². The molecule has 8 nitrogen and oxygen atoms in total. The van der Waals surface area contributed by atoms with Gasteiger partial charge in [-0.25, -0.2) is 0 Å². The molecular weight excluding hydrogens is 452 g/mol. The Labute approximate surface area is 99.5 Å². The molecule has 0 atom stereocenters. The molecule has 0 aromatic carbocycles. The molecule has 0 heterocycles. The van der Waals surface area contributed by atoms with Crippen LogP contribution in [-0.4, -0.2) is 62.3 Å². The van der Waals surface area contributed by atoms with Crippen molar-refractivity contribution in [1.82, 2.24) is 0 Å². The van der Waals surface area contributed by atoms with Crippen LogP contribution >= 0.6 is 0 Å². The van der Waals surface area contributed by atoms with Gasteiger partial charge in [0.2, 0.25) is 0 Å². The summed E-state index contributed by atoms with van der Waals surface area (Å²) in [4.78, 5) is 0. The van der Waals surface area contributed by atoms with Gasteiger partial charge in [-0.2, -0.15) is 0 Å². The van der Waals surface area contributed by atoms with Gasteiger partial charge in [0.15, 0.2) is 0 Å². The molecule has 0 spiro atoms. The zero-order valence-corrected chi connectivity index (χ0v) is 12.2. The molecule has 1 radical (unpaired) electrons. The molecule has 0 aliphatic carbocycles. The average Bonchev–Trinajstić information content (AvgIpc) is 1.12. The Bertz CT molecular complexity index is 213. The van der Waals surface area contributed by atoms with Crippen LogP contribution in [0.2, 0.25) is 0 Å². The van der Waals surface area contributed by atoms with Crippen LogP contribution in [0.25, 0.3) is 0 Å². The van der Waals surface area contributed by atoms with Crippen LogP contribution in [0, 0.1) is 0 Å². The smallest absolute Gasteiger partial charge is 0.759 e. The van der Waals surface area contributed by atoms with Crippen molar-refractivity contribution in [2.24, 2.45) is 0 Å². The first-order valence-corrected chi connectivity index (χ1v) is 4.00. The van der Waals surface area contributed by atoms with Crippen LogP contribution in [0.15, 0.2) is 0 Å². The Morgan fingerprint density at radius 3 is 0.667 bits per heavy atom. The van der Waals surface area contributed by atoms with Gasteiger partial charge in [0.05, 0.1) is 0 Å². The van der Waals surface area contributed by atoms with Crippen molar-refractivity contribution in [1.29, 1.82) is 0 Å². The molecule has 12 heavy (non-hydrogen) atoms. The Hall–Kier alpha value is 1.18. The van der Waals surface area contributed by atoms with Crippen LogP contribution in [0.5, 0.6) is 0 Å². The summed E-state index contributed by atoms with van der Waals surface area (Å²) in [6.07, 6.45) is 0. The Morgan fingerprint density at radius 1 is 0.667 bits per heavy atom. The predicted molar refractivity (Wildman–Crippen MR) is 26.7 cm³/mol. The van der Waals surface area contributed by atoms with Crippen LogP contribution < -0.4 is 0 Å². The quantitative estimate of drug-likeness (QED) is 0.213. The van der Waals surface area contributed by atoms with E-state index in [4.69, 9.17) is 35.0 Å². The third-order valence-corrected chi connectivity index (χ3v) is 0. The molecule has 0 unspecified atom stereocenters. The summed E-state index contributed by atoms with van der Waals surface area (Å²) in [6, 6.07) is 0. The van der Waals surface area contributed by atoms with Crippen molar-refractivity contribution >= 4 is 48.1 Å². The van der Waals surface area contributed by atoms with E-state index in [0.29, 0.717) is 0 Å². The van der Waals surface area contributed by atoms with Crippen LogP contribution in [-0.2, 0) is 37.9 Å². The summed E-state index contributed by atoms with van der Waals surface area (Å²) in [5.41, 5.74) is 0. The van der Waals surface area contributed by atoms with E-state index in [1.54, 1.807) is 0 Å². The molecule has 0 rings (SSSR count). The molecule has 0 N–H and O–H groups in total. The Morgan fingerprint density at radius 2 is 0.667 bits per heavy atom. The maximum atomic E-state index is 8.52. The first-order chi connectivity index (χ1) is 4.00. The molecule has 0 amide bonds. The van der Waals surface area contributed by atoms with E-state index in [-0.39, 0.29) is 44.4 Å². The van der Waals surface area contributed by atoms with Crippen LogP contribution in [0.3, 0.4) is 0 Å². The second-order valence-corrected chi connectivity index (χ2v) is 2.45. The summed E-state index contributed by atoms with van der Waals surface area (Å²) in [7, 11) is -10.3. The maximum absolute atomic E-state index is 8.52. The van der Waals surface area contributed by atoms with Gasteiger partial charge < -0.3 is 18.2 Å². The van der Waals surface area contributed by atoms with E-state index in [2.05, 4.69) is 0 Å². The average molecular weight is 452 g/mol. The van der Waals surface area contributed by atoms with Gasteiger partial charge in [0.25, 0.3) is 0 Å². The Kier molecular flexibility index (Phi) is 16.9. The fourth-order valence-electron chi connectivity index (χ4n) is 0. The zero-order valence-electron chi connectivity index (χ0n) is 5.01. The molecule has 0 bridgehead atoms. The molecule has 0 fully saturated rings. The van der Waals surface area contributed by atoms with Crippen molar-refractivity contribution in [3.05, 3.63) is 0 Å². The molecule has 0 aromatic rings. The molecule has 0 aliphatic heterocycles. The molecule has 0 saturated heterocycles. The van der Waals surface area contributed by atoms with Gasteiger partial charge in [0.1, 0.15) is 0 Å². The minimum atomic E-state index is -5.17. The first kappa shape index (κ1) is 23.2. The fraction of sp³-hybridized carbons (Fsp3) is 0. The summed E-state index contributed by atoms with van der Waals surface area (Å²) in [6.45, 7) is 0. The van der Waals surface area contributed by atoms with E-state index in [9.17, 15) is 0 Å². The predicted octanol–water partition coefficient (Wildman–Crippen LogP) is -3.06. The zero-order chi connectivity index (χ0) is 9.00. The van der Waals surface area contributed by atoms with Gasteiger partial charge >= 0.3 is 44.4 Å². The van der Waals surface area contributed by atoms with E-state index < -0.39 is 20.8 Å². The molecule has 0 saturated carbocycles. The number of hydrogen-bond acceptors (Lipinski definition) is 8. The van der Waals surface area contributed by atoms with Crippen LogP contribution in [0.1, 0.15) is 0 Å².